The van der Waals surface area contributed by atoms with Gasteiger partial charge in [0.15, 0.2) is 0 Å². The van der Waals surface area contributed by atoms with Crippen molar-refractivity contribution >= 4 is 17.7 Å². The molecular weight excluding hydrogens is 346 g/mol. The number of nitrogens with one attached hydrogen (secondary N) is 1. The molecule has 0 unspecified atom stereocenters. The fourth-order valence-electron chi connectivity index (χ4n) is 3.01. The molecule has 0 aliphatic carbocycles. The minimum Gasteiger partial charge on any atom is -0.356 e. The number of rotatable bonds is 7. The summed E-state index contributed by atoms with van der Waals surface area (Å²) in [6.07, 6.45) is 2.40. The van der Waals surface area contributed by atoms with Crippen LogP contribution in [0.25, 0.3) is 0 Å². The number of nitrogens with zero attached hydrogens (tertiary/aromatic N) is 2. The van der Waals surface area contributed by atoms with Gasteiger partial charge in [0.05, 0.1) is 11.1 Å². The summed E-state index contributed by atoms with van der Waals surface area (Å²) >= 11 is 0. The lowest BCUT2D eigenvalue weighted by atomic mass is 10.1. The van der Waals surface area contributed by atoms with Crippen LogP contribution in [0.5, 0.6) is 0 Å². The third-order valence-corrected chi connectivity index (χ3v) is 4.49. The summed E-state index contributed by atoms with van der Waals surface area (Å²) in [5.41, 5.74) is 1.61. The topological polar surface area (TPSA) is 88.5 Å². The molecule has 0 atom stereocenters. The highest BCUT2D eigenvalue weighted by Crippen LogP contribution is 2.22. The van der Waals surface area contributed by atoms with Crippen LogP contribution < -0.4 is 10.9 Å². The van der Waals surface area contributed by atoms with Gasteiger partial charge < -0.3 is 9.88 Å². The minimum atomic E-state index is -0.359. The number of aryl methyl sites for hydroxylation is 2. The van der Waals surface area contributed by atoms with Gasteiger partial charge in [0, 0.05) is 38.3 Å². The summed E-state index contributed by atoms with van der Waals surface area (Å²) < 4.78 is 1.60. The highest BCUT2D eigenvalue weighted by molar-refractivity contribution is 6.21. The molecule has 1 aliphatic rings. The smallest absolute Gasteiger partial charge is 0.261 e. The van der Waals surface area contributed by atoms with Crippen molar-refractivity contribution in [1.82, 2.24) is 14.8 Å². The lowest BCUT2D eigenvalue weighted by Crippen LogP contribution is -2.35. The van der Waals surface area contributed by atoms with E-state index in [-0.39, 0.29) is 36.2 Å². The SMILES string of the molecule is Cc1ccn(CCCNC(=O)CCN2C(=O)c3ccccc3C2=O)c(=O)c1. The molecular formula is C20H21N3O4. The largest absolute Gasteiger partial charge is 0.356 e. The highest BCUT2D eigenvalue weighted by Gasteiger charge is 2.34. The van der Waals surface area contributed by atoms with E-state index in [0.717, 1.165) is 10.5 Å². The Balaban J connectivity index is 1.42. The van der Waals surface area contributed by atoms with Crippen molar-refractivity contribution in [2.24, 2.45) is 0 Å². The Bertz CT molecular complexity index is 913. The zero-order valence-corrected chi connectivity index (χ0v) is 15.1. The van der Waals surface area contributed by atoms with Crippen molar-refractivity contribution in [3.05, 3.63) is 69.6 Å². The van der Waals surface area contributed by atoms with Crippen molar-refractivity contribution in [2.45, 2.75) is 26.3 Å². The van der Waals surface area contributed by atoms with Gasteiger partial charge in [0.2, 0.25) is 5.91 Å². The van der Waals surface area contributed by atoms with Gasteiger partial charge in [0.1, 0.15) is 0 Å². The molecule has 0 spiro atoms. The van der Waals surface area contributed by atoms with Gasteiger partial charge in [-0.05, 0) is 37.1 Å². The zero-order valence-electron chi connectivity index (χ0n) is 15.1. The van der Waals surface area contributed by atoms with Gasteiger partial charge in [-0.3, -0.25) is 24.1 Å². The predicted molar refractivity (Wildman–Crippen MR) is 99.5 cm³/mol. The number of benzene rings is 1. The monoisotopic (exact) mass is 367 g/mol. The number of imide groups is 1. The minimum absolute atomic E-state index is 0.0512. The quantitative estimate of drug-likeness (QED) is 0.591. The molecule has 7 nitrogen and oxygen atoms in total. The standard InChI is InChI=1S/C20H21N3O4/c1-14-7-11-22(18(25)13-14)10-4-9-21-17(24)8-12-23-19(26)15-5-2-3-6-16(15)20(23)27/h2-3,5-7,11,13H,4,8-10,12H2,1H3,(H,21,24). The van der Waals surface area contributed by atoms with Gasteiger partial charge in [-0.2, -0.15) is 0 Å². The zero-order chi connectivity index (χ0) is 19.4. The van der Waals surface area contributed by atoms with Gasteiger partial charge >= 0.3 is 0 Å². The predicted octanol–water partition coefficient (Wildman–Crippen LogP) is 1.35. The number of hydrogen-bond donors (Lipinski definition) is 1. The first-order valence-electron chi connectivity index (χ1n) is 8.86. The van der Waals surface area contributed by atoms with Gasteiger partial charge in [-0.15, -0.1) is 0 Å². The Morgan fingerprint density at radius 3 is 2.30 bits per heavy atom. The molecule has 140 valence electrons. The first-order valence-corrected chi connectivity index (χ1v) is 8.86. The van der Waals surface area contributed by atoms with E-state index < -0.39 is 0 Å². The second-order valence-corrected chi connectivity index (χ2v) is 6.50. The van der Waals surface area contributed by atoms with Crippen molar-refractivity contribution in [3.63, 3.8) is 0 Å². The van der Waals surface area contributed by atoms with Crippen LogP contribution in [0, 0.1) is 6.92 Å². The summed E-state index contributed by atoms with van der Waals surface area (Å²) in [6.45, 7) is 2.84. The average molecular weight is 367 g/mol. The number of amides is 3. The van der Waals surface area contributed by atoms with Crippen LogP contribution in [0.1, 0.15) is 39.1 Å². The number of fused-ring (bicyclic) bond motifs is 1. The van der Waals surface area contributed by atoms with Crippen molar-refractivity contribution in [3.8, 4) is 0 Å². The van der Waals surface area contributed by atoms with Crippen LogP contribution in [0.15, 0.2) is 47.4 Å². The van der Waals surface area contributed by atoms with E-state index in [4.69, 9.17) is 0 Å². The Morgan fingerprint density at radius 2 is 1.67 bits per heavy atom. The van der Waals surface area contributed by atoms with E-state index in [1.54, 1.807) is 41.1 Å². The molecule has 27 heavy (non-hydrogen) atoms. The van der Waals surface area contributed by atoms with Crippen LogP contribution >= 0.6 is 0 Å². The van der Waals surface area contributed by atoms with E-state index in [0.29, 0.717) is 30.6 Å². The highest BCUT2D eigenvalue weighted by atomic mass is 16.2. The molecule has 2 aromatic rings. The maximum absolute atomic E-state index is 12.2. The van der Waals surface area contributed by atoms with Gasteiger partial charge in [-0.1, -0.05) is 12.1 Å². The Hall–Kier alpha value is -3.22. The molecule has 2 heterocycles. The molecule has 1 aromatic carbocycles. The van der Waals surface area contributed by atoms with Crippen molar-refractivity contribution in [2.75, 3.05) is 13.1 Å². The van der Waals surface area contributed by atoms with E-state index in [1.165, 1.54) is 0 Å². The summed E-state index contributed by atoms with van der Waals surface area (Å²) in [4.78, 5) is 49.3. The first-order chi connectivity index (χ1) is 13.0. The molecule has 0 saturated heterocycles. The molecule has 1 aromatic heterocycles. The number of hydrogen-bond acceptors (Lipinski definition) is 4. The maximum atomic E-state index is 12.2. The molecule has 3 amide bonds. The number of pyridine rings is 1. The summed E-state index contributed by atoms with van der Waals surface area (Å²) in [5, 5.41) is 2.75. The number of carbonyl (C=O) groups is 3. The molecule has 1 N–H and O–H groups in total. The van der Waals surface area contributed by atoms with Gasteiger partial charge in [0.25, 0.3) is 17.4 Å². The van der Waals surface area contributed by atoms with Crippen molar-refractivity contribution < 1.29 is 14.4 Å². The maximum Gasteiger partial charge on any atom is 0.261 e. The first kappa shape index (κ1) is 18.6. The molecule has 0 fully saturated rings. The summed E-state index contributed by atoms with van der Waals surface area (Å²) in [5.74, 6) is -0.952. The third-order valence-electron chi connectivity index (χ3n) is 4.49. The molecule has 0 saturated carbocycles. The van der Waals surface area contributed by atoms with Crippen LogP contribution in [0.3, 0.4) is 0 Å². The molecule has 0 bridgehead atoms. The van der Waals surface area contributed by atoms with Crippen molar-refractivity contribution in [1.29, 1.82) is 0 Å². The third kappa shape index (κ3) is 4.13. The molecule has 7 heteroatoms. The Labute approximate surface area is 156 Å². The fraction of sp³-hybridized carbons (Fsp3) is 0.300. The number of aromatic nitrogens is 1. The van der Waals surface area contributed by atoms with E-state index in [1.807, 2.05) is 13.0 Å². The average Bonchev–Trinajstić information content (AvgIpc) is 2.89. The van der Waals surface area contributed by atoms with E-state index >= 15 is 0 Å². The summed E-state index contributed by atoms with van der Waals surface area (Å²) in [7, 11) is 0. The van der Waals surface area contributed by atoms with Crippen LogP contribution in [0.4, 0.5) is 0 Å². The molecule has 1 aliphatic heterocycles. The number of carbonyl (C=O) groups excluding carboxylic acids is 3. The molecule has 0 radical (unpaired) electrons. The van der Waals surface area contributed by atoms with Crippen LogP contribution in [-0.2, 0) is 11.3 Å². The Kier molecular flexibility index (Phi) is 5.49. The lowest BCUT2D eigenvalue weighted by molar-refractivity contribution is -0.121. The Morgan fingerprint density at radius 1 is 1.00 bits per heavy atom. The fourth-order valence-corrected chi connectivity index (χ4v) is 3.01. The lowest BCUT2D eigenvalue weighted by Gasteiger charge is -2.13. The van der Waals surface area contributed by atoms with Crippen LogP contribution in [-0.4, -0.2) is 40.3 Å². The molecule has 3 rings (SSSR count). The summed E-state index contributed by atoms with van der Waals surface area (Å²) in [6, 6.07) is 10.1. The van der Waals surface area contributed by atoms with E-state index in [9.17, 15) is 19.2 Å². The van der Waals surface area contributed by atoms with E-state index in [2.05, 4.69) is 5.32 Å². The normalized spacial score (nSPS) is 13.0. The van der Waals surface area contributed by atoms with Crippen LogP contribution in [0.2, 0.25) is 0 Å². The second kappa shape index (κ2) is 7.99. The second-order valence-electron chi connectivity index (χ2n) is 6.50. The van der Waals surface area contributed by atoms with Gasteiger partial charge in [-0.25, -0.2) is 0 Å².